The molecule has 1 aliphatic heterocycles. The molecule has 23 heavy (non-hydrogen) atoms. The van der Waals surface area contributed by atoms with Gasteiger partial charge in [-0.1, -0.05) is 61.4 Å². The summed E-state index contributed by atoms with van der Waals surface area (Å²) >= 11 is 6.91. The van der Waals surface area contributed by atoms with Crippen molar-refractivity contribution < 1.29 is 9.59 Å². The van der Waals surface area contributed by atoms with Crippen LogP contribution in [0.3, 0.4) is 0 Å². The molecule has 1 heterocycles. The molecule has 0 saturated carbocycles. The number of halogens is 2. The zero-order valence-corrected chi connectivity index (χ0v) is 16.9. The summed E-state index contributed by atoms with van der Waals surface area (Å²) in [5.41, 5.74) is 1.96. The molecule has 2 amide bonds. The second-order valence-electron chi connectivity index (χ2n) is 6.10. The normalized spacial score (nSPS) is 13.8. The van der Waals surface area contributed by atoms with Crippen LogP contribution in [0.25, 0.3) is 0 Å². The Balaban J connectivity index is 1.95. The first-order valence-electron chi connectivity index (χ1n) is 8.33. The molecule has 0 saturated heterocycles. The summed E-state index contributed by atoms with van der Waals surface area (Å²) in [6.45, 7) is 4.65. The van der Waals surface area contributed by atoms with Crippen molar-refractivity contribution in [3.8, 4) is 0 Å². The van der Waals surface area contributed by atoms with Gasteiger partial charge >= 0.3 is 0 Å². The molecule has 0 N–H and O–H groups in total. The number of hydrogen-bond donors (Lipinski definition) is 0. The molecule has 1 aliphatic rings. The van der Waals surface area contributed by atoms with Crippen molar-refractivity contribution in [2.45, 2.75) is 58.8 Å². The van der Waals surface area contributed by atoms with Gasteiger partial charge in [-0.05, 0) is 40.9 Å². The molecular formula is C18H23Br2NO2. The van der Waals surface area contributed by atoms with E-state index in [1.165, 1.54) is 37.0 Å². The zero-order chi connectivity index (χ0) is 17.0. The second-order valence-corrected chi connectivity index (χ2v) is 7.75. The van der Waals surface area contributed by atoms with Gasteiger partial charge in [-0.2, -0.15) is 0 Å². The molecule has 0 atom stereocenters. The largest absolute Gasteiger partial charge is 0.274 e. The Bertz CT molecular complexity index is 614. The van der Waals surface area contributed by atoms with Crippen molar-refractivity contribution in [2.75, 3.05) is 6.54 Å². The van der Waals surface area contributed by atoms with Gasteiger partial charge in [0.25, 0.3) is 11.8 Å². The molecule has 0 fully saturated rings. The van der Waals surface area contributed by atoms with Crippen LogP contribution >= 0.6 is 31.9 Å². The summed E-state index contributed by atoms with van der Waals surface area (Å²) in [7, 11) is 0. The van der Waals surface area contributed by atoms with Gasteiger partial charge in [-0.15, -0.1) is 0 Å². The predicted octanol–water partition coefficient (Wildman–Crippen LogP) is 5.87. The minimum absolute atomic E-state index is 0.168. The van der Waals surface area contributed by atoms with E-state index in [2.05, 4.69) is 38.8 Å². The molecule has 1 aromatic rings. The van der Waals surface area contributed by atoms with Gasteiger partial charge in [-0.3, -0.25) is 14.5 Å². The second kappa shape index (κ2) is 8.43. The van der Waals surface area contributed by atoms with Gasteiger partial charge in [0.2, 0.25) is 0 Å². The summed E-state index contributed by atoms with van der Waals surface area (Å²) in [6, 6.07) is 1.76. The Morgan fingerprint density at radius 3 is 2.22 bits per heavy atom. The molecule has 0 aromatic heterocycles. The van der Waals surface area contributed by atoms with E-state index in [9.17, 15) is 9.59 Å². The smallest absolute Gasteiger partial charge is 0.262 e. The molecule has 0 unspecified atom stereocenters. The fraction of sp³-hybridized carbons (Fsp3) is 0.556. The highest BCUT2D eigenvalue weighted by atomic mass is 79.9. The van der Waals surface area contributed by atoms with Crippen LogP contribution < -0.4 is 0 Å². The molecular weight excluding hydrogens is 422 g/mol. The highest BCUT2D eigenvalue weighted by molar-refractivity contribution is 9.11. The summed E-state index contributed by atoms with van der Waals surface area (Å²) in [6.07, 6.45) is 8.20. The predicted molar refractivity (Wildman–Crippen MR) is 99.9 cm³/mol. The molecule has 0 bridgehead atoms. The third-order valence-corrected chi connectivity index (χ3v) is 6.18. The summed E-state index contributed by atoms with van der Waals surface area (Å²) in [5.74, 6) is -0.337. The van der Waals surface area contributed by atoms with Crippen LogP contribution in [0.1, 0.15) is 78.1 Å². The van der Waals surface area contributed by atoms with Crippen LogP contribution in [0.4, 0.5) is 0 Å². The Morgan fingerprint density at radius 2 is 1.57 bits per heavy atom. The first kappa shape index (κ1) is 18.7. The van der Waals surface area contributed by atoms with E-state index < -0.39 is 0 Å². The molecule has 5 heteroatoms. The average Bonchev–Trinajstić information content (AvgIpc) is 2.76. The van der Waals surface area contributed by atoms with Gasteiger partial charge in [-0.25, -0.2) is 0 Å². The molecule has 0 spiro atoms. The van der Waals surface area contributed by atoms with E-state index in [0.29, 0.717) is 17.7 Å². The van der Waals surface area contributed by atoms with Gasteiger partial charge in [0.1, 0.15) is 0 Å². The fourth-order valence-electron chi connectivity index (χ4n) is 2.90. The third kappa shape index (κ3) is 4.05. The lowest BCUT2D eigenvalue weighted by atomic mass is 10.1. The number of fused-ring (bicyclic) bond motifs is 1. The Morgan fingerprint density at radius 1 is 0.957 bits per heavy atom. The average molecular weight is 445 g/mol. The molecule has 3 nitrogen and oxygen atoms in total. The maximum atomic E-state index is 12.6. The Kier molecular flexibility index (Phi) is 6.84. The van der Waals surface area contributed by atoms with E-state index >= 15 is 0 Å². The molecule has 0 aliphatic carbocycles. The maximum Gasteiger partial charge on any atom is 0.262 e. The minimum Gasteiger partial charge on any atom is -0.274 e. The Hall–Kier alpha value is -0.680. The van der Waals surface area contributed by atoms with Gasteiger partial charge < -0.3 is 0 Å². The number of rotatable bonds is 8. The molecule has 1 aromatic carbocycles. The van der Waals surface area contributed by atoms with Crippen molar-refractivity contribution in [1.82, 2.24) is 4.90 Å². The number of nitrogens with zero attached hydrogens (tertiary/aromatic N) is 1. The summed E-state index contributed by atoms with van der Waals surface area (Å²) in [5, 5.41) is 0. The lowest BCUT2D eigenvalue weighted by Crippen LogP contribution is -2.30. The van der Waals surface area contributed by atoms with Crippen molar-refractivity contribution in [1.29, 1.82) is 0 Å². The van der Waals surface area contributed by atoms with Gasteiger partial charge in [0.15, 0.2) is 0 Å². The lowest BCUT2D eigenvalue weighted by molar-refractivity contribution is 0.0651. The van der Waals surface area contributed by atoms with Gasteiger partial charge in [0, 0.05) is 15.5 Å². The molecule has 0 radical (unpaired) electrons. The van der Waals surface area contributed by atoms with Crippen LogP contribution in [-0.2, 0) is 0 Å². The zero-order valence-electron chi connectivity index (χ0n) is 13.8. The fourth-order valence-corrected chi connectivity index (χ4v) is 4.19. The van der Waals surface area contributed by atoms with Crippen LogP contribution in [0.5, 0.6) is 0 Å². The number of carbonyl (C=O) groups excluding carboxylic acids is 2. The SMILES string of the molecule is CCCCCCCCCN1C(=O)c2cc(Br)c(C)c(Br)c2C1=O. The highest BCUT2D eigenvalue weighted by Gasteiger charge is 2.37. The highest BCUT2D eigenvalue weighted by Crippen LogP contribution is 2.36. The topological polar surface area (TPSA) is 37.4 Å². The van der Waals surface area contributed by atoms with Crippen LogP contribution in [0.2, 0.25) is 0 Å². The van der Waals surface area contributed by atoms with Crippen molar-refractivity contribution in [3.63, 3.8) is 0 Å². The van der Waals surface area contributed by atoms with Crippen molar-refractivity contribution >= 4 is 43.7 Å². The summed E-state index contributed by atoms with van der Waals surface area (Å²) in [4.78, 5) is 26.4. The first-order chi connectivity index (χ1) is 11.0. The standard InChI is InChI=1S/C18H23Br2NO2/c1-3-4-5-6-7-8-9-10-21-17(22)13-11-14(19)12(2)16(20)15(13)18(21)23/h11H,3-10H2,1-2H3. The first-order valence-corrected chi connectivity index (χ1v) is 9.92. The Labute approximate surface area is 155 Å². The number of amides is 2. The van der Waals surface area contributed by atoms with E-state index in [-0.39, 0.29) is 11.8 Å². The number of hydrogen-bond acceptors (Lipinski definition) is 2. The van der Waals surface area contributed by atoms with E-state index in [4.69, 9.17) is 0 Å². The van der Waals surface area contributed by atoms with E-state index in [1.54, 1.807) is 6.07 Å². The number of unbranched alkanes of at least 4 members (excludes halogenated alkanes) is 6. The summed E-state index contributed by atoms with van der Waals surface area (Å²) < 4.78 is 1.57. The molecule has 126 valence electrons. The quantitative estimate of drug-likeness (QED) is 0.371. The monoisotopic (exact) mass is 443 g/mol. The van der Waals surface area contributed by atoms with Crippen molar-refractivity contribution in [2.24, 2.45) is 0 Å². The van der Waals surface area contributed by atoms with E-state index in [1.807, 2.05) is 6.92 Å². The third-order valence-electron chi connectivity index (χ3n) is 4.37. The number of carbonyl (C=O) groups is 2. The minimum atomic E-state index is -0.169. The van der Waals surface area contributed by atoms with Gasteiger partial charge in [0.05, 0.1) is 11.1 Å². The number of benzene rings is 1. The lowest BCUT2D eigenvalue weighted by Gasteiger charge is -2.13. The van der Waals surface area contributed by atoms with Crippen LogP contribution in [0, 0.1) is 6.92 Å². The number of imide groups is 1. The van der Waals surface area contributed by atoms with Crippen LogP contribution in [-0.4, -0.2) is 23.3 Å². The maximum absolute atomic E-state index is 12.6. The van der Waals surface area contributed by atoms with Crippen molar-refractivity contribution in [3.05, 3.63) is 31.7 Å². The molecule has 2 rings (SSSR count). The van der Waals surface area contributed by atoms with Crippen LogP contribution in [0.15, 0.2) is 15.0 Å². The van der Waals surface area contributed by atoms with E-state index in [0.717, 1.165) is 27.4 Å².